The fourth-order valence-corrected chi connectivity index (χ4v) is 1.86. The molecule has 1 atom stereocenters. The van der Waals surface area contributed by atoms with Crippen molar-refractivity contribution in [3.63, 3.8) is 0 Å². The van der Waals surface area contributed by atoms with Gasteiger partial charge in [-0.25, -0.2) is 9.97 Å². The normalized spacial score (nSPS) is 14.3. The summed E-state index contributed by atoms with van der Waals surface area (Å²) >= 11 is 3.24. The Hall–Kier alpha value is -0.850. The van der Waals surface area contributed by atoms with E-state index in [4.69, 9.17) is 0 Å². The van der Waals surface area contributed by atoms with Crippen LogP contribution in [0.5, 0.6) is 0 Å². The SMILES string of the molecule is CC(CC(F)(F)F)Nc1cc(Br)nc(C(C)(C)C)n1. The van der Waals surface area contributed by atoms with Crippen molar-refractivity contribution in [1.82, 2.24) is 9.97 Å². The van der Waals surface area contributed by atoms with Gasteiger partial charge < -0.3 is 5.32 Å². The molecule has 0 spiro atoms. The number of alkyl halides is 3. The van der Waals surface area contributed by atoms with Crippen LogP contribution in [0.1, 0.15) is 39.9 Å². The summed E-state index contributed by atoms with van der Waals surface area (Å²) in [4.78, 5) is 8.49. The van der Waals surface area contributed by atoms with Crippen molar-refractivity contribution < 1.29 is 13.2 Å². The van der Waals surface area contributed by atoms with E-state index in [0.29, 0.717) is 16.2 Å². The molecule has 1 heterocycles. The molecule has 7 heteroatoms. The predicted molar refractivity (Wildman–Crippen MR) is 72.2 cm³/mol. The number of rotatable bonds is 3. The molecule has 1 aromatic rings. The zero-order valence-corrected chi connectivity index (χ0v) is 12.9. The van der Waals surface area contributed by atoms with Gasteiger partial charge in [-0.2, -0.15) is 13.2 Å². The van der Waals surface area contributed by atoms with Gasteiger partial charge >= 0.3 is 6.18 Å². The van der Waals surface area contributed by atoms with Crippen LogP contribution >= 0.6 is 15.9 Å². The van der Waals surface area contributed by atoms with E-state index in [9.17, 15) is 13.2 Å². The van der Waals surface area contributed by atoms with Gasteiger partial charge in [0.2, 0.25) is 0 Å². The van der Waals surface area contributed by atoms with Crippen molar-refractivity contribution in [2.45, 2.75) is 51.7 Å². The van der Waals surface area contributed by atoms with E-state index < -0.39 is 18.6 Å². The summed E-state index contributed by atoms with van der Waals surface area (Å²) in [6, 6.07) is 0.830. The largest absolute Gasteiger partial charge is 0.391 e. The minimum absolute atomic E-state index is 0.270. The van der Waals surface area contributed by atoms with E-state index in [1.165, 1.54) is 6.92 Å². The lowest BCUT2D eigenvalue weighted by molar-refractivity contribution is -0.136. The Labute approximate surface area is 119 Å². The predicted octanol–water partition coefficient (Wildman–Crippen LogP) is 4.29. The summed E-state index contributed by atoms with van der Waals surface area (Å²) in [5, 5.41) is 2.75. The molecule has 0 bridgehead atoms. The fraction of sp³-hybridized carbons (Fsp3) is 0.667. The molecule has 0 fully saturated rings. The lowest BCUT2D eigenvalue weighted by Gasteiger charge is -2.20. The van der Waals surface area contributed by atoms with E-state index >= 15 is 0 Å². The Morgan fingerprint density at radius 2 is 1.84 bits per heavy atom. The van der Waals surface area contributed by atoms with Gasteiger partial charge in [-0.1, -0.05) is 20.8 Å². The molecule has 19 heavy (non-hydrogen) atoms. The highest BCUT2D eigenvalue weighted by Gasteiger charge is 2.30. The first-order chi connectivity index (χ1) is 8.47. The van der Waals surface area contributed by atoms with Gasteiger partial charge in [0.15, 0.2) is 0 Å². The molecule has 0 aromatic carbocycles. The smallest absolute Gasteiger partial charge is 0.367 e. The van der Waals surface area contributed by atoms with Crippen LogP contribution in [0, 0.1) is 0 Å². The molecule has 0 aliphatic carbocycles. The second-order valence-corrected chi connectivity index (χ2v) is 6.33. The van der Waals surface area contributed by atoms with Crippen molar-refractivity contribution >= 4 is 21.7 Å². The van der Waals surface area contributed by atoms with E-state index in [0.717, 1.165) is 0 Å². The van der Waals surface area contributed by atoms with Crippen LogP contribution in [0.25, 0.3) is 0 Å². The summed E-state index contributed by atoms with van der Waals surface area (Å²) in [7, 11) is 0. The summed E-state index contributed by atoms with van der Waals surface area (Å²) in [6.07, 6.45) is -5.09. The Morgan fingerprint density at radius 1 is 1.26 bits per heavy atom. The molecule has 0 saturated carbocycles. The van der Waals surface area contributed by atoms with Crippen LogP contribution < -0.4 is 5.32 Å². The van der Waals surface area contributed by atoms with Crippen LogP contribution in [-0.4, -0.2) is 22.2 Å². The number of anilines is 1. The molecule has 1 aromatic heterocycles. The molecule has 0 amide bonds. The molecule has 0 saturated heterocycles. The fourth-order valence-electron chi connectivity index (χ4n) is 1.48. The average Bonchev–Trinajstić information content (AvgIpc) is 2.11. The van der Waals surface area contributed by atoms with Crippen LogP contribution in [-0.2, 0) is 5.41 Å². The maximum Gasteiger partial charge on any atom is 0.391 e. The van der Waals surface area contributed by atoms with Crippen LogP contribution in [0.2, 0.25) is 0 Å². The highest BCUT2D eigenvalue weighted by Crippen LogP contribution is 2.25. The van der Waals surface area contributed by atoms with Crippen molar-refractivity contribution in [3.8, 4) is 0 Å². The molecular formula is C12H17BrF3N3. The second kappa shape index (κ2) is 5.64. The summed E-state index contributed by atoms with van der Waals surface area (Å²) < 4.78 is 37.4. The standard InChI is InChI=1S/C12H17BrF3N3/c1-7(6-12(14,15)16)17-9-5-8(13)18-10(19-9)11(2,3)4/h5,7H,6H2,1-4H3,(H,17,18,19). The first-order valence-electron chi connectivity index (χ1n) is 5.86. The Kier molecular flexibility index (Phi) is 4.81. The maximum absolute atomic E-state index is 12.3. The highest BCUT2D eigenvalue weighted by atomic mass is 79.9. The highest BCUT2D eigenvalue weighted by molar-refractivity contribution is 9.10. The van der Waals surface area contributed by atoms with Crippen LogP contribution in [0.4, 0.5) is 19.0 Å². The minimum atomic E-state index is -4.19. The lowest BCUT2D eigenvalue weighted by Crippen LogP contribution is -2.25. The van der Waals surface area contributed by atoms with Gasteiger partial charge in [-0.15, -0.1) is 0 Å². The van der Waals surface area contributed by atoms with Crippen LogP contribution in [0.15, 0.2) is 10.7 Å². The van der Waals surface area contributed by atoms with Gasteiger partial charge in [0.05, 0.1) is 6.42 Å². The van der Waals surface area contributed by atoms with Gasteiger partial charge in [0.1, 0.15) is 16.2 Å². The quantitative estimate of drug-likeness (QED) is 0.834. The molecular weight excluding hydrogens is 323 g/mol. The van der Waals surface area contributed by atoms with Crippen molar-refractivity contribution in [2.24, 2.45) is 0 Å². The monoisotopic (exact) mass is 339 g/mol. The number of hydrogen-bond acceptors (Lipinski definition) is 3. The summed E-state index contributed by atoms with van der Waals surface area (Å²) in [5.41, 5.74) is -0.270. The van der Waals surface area contributed by atoms with E-state index in [1.807, 2.05) is 20.8 Å². The lowest BCUT2D eigenvalue weighted by atomic mass is 9.96. The molecule has 0 aliphatic heterocycles. The number of hydrogen-bond donors (Lipinski definition) is 1. The molecule has 108 valence electrons. The summed E-state index contributed by atoms with van der Waals surface area (Å²) in [5.74, 6) is 0.965. The first-order valence-corrected chi connectivity index (χ1v) is 6.65. The van der Waals surface area contributed by atoms with Gasteiger partial charge in [-0.3, -0.25) is 0 Å². The van der Waals surface area contributed by atoms with E-state index in [2.05, 4.69) is 31.2 Å². The third-order valence-electron chi connectivity index (χ3n) is 2.30. The number of nitrogens with zero attached hydrogens (tertiary/aromatic N) is 2. The molecule has 1 rings (SSSR count). The zero-order valence-electron chi connectivity index (χ0n) is 11.3. The molecule has 1 unspecified atom stereocenters. The third kappa shape index (κ3) is 5.76. The topological polar surface area (TPSA) is 37.8 Å². The van der Waals surface area contributed by atoms with Gasteiger partial charge in [0.25, 0.3) is 0 Å². The van der Waals surface area contributed by atoms with Gasteiger partial charge in [0, 0.05) is 17.5 Å². The zero-order chi connectivity index (χ0) is 14.8. The Balaban J connectivity index is 2.87. The number of aromatic nitrogens is 2. The maximum atomic E-state index is 12.3. The summed E-state index contributed by atoms with van der Waals surface area (Å²) in [6.45, 7) is 7.30. The molecule has 0 radical (unpaired) electrons. The molecule has 1 N–H and O–H groups in total. The Morgan fingerprint density at radius 3 is 2.32 bits per heavy atom. The van der Waals surface area contributed by atoms with Crippen molar-refractivity contribution in [3.05, 3.63) is 16.5 Å². The third-order valence-corrected chi connectivity index (χ3v) is 2.70. The van der Waals surface area contributed by atoms with Gasteiger partial charge in [-0.05, 0) is 22.9 Å². The molecule has 0 aliphatic rings. The minimum Gasteiger partial charge on any atom is -0.367 e. The number of nitrogens with one attached hydrogen (secondary N) is 1. The average molecular weight is 340 g/mol. The van der Waals surface area contributed by atoms with Crippen molar-refractivity contribution in [1.29, 1.82) is 0 Å². The second-order valence-electron chi connectivity index (χ2n) is 5.51. The van der Waals surface area contributed by atoms with E-state index in [1.54, 1.807) is 6.07 Å². The molecule has 3 nitrogen and oxygen atoms in total. The Bertz CT molecular complexity index is 441. The van der Waals surface area contributed by atoms with Crippen LogP contribution in [0.3, 0.4) is 0 Å². The number of halogens is 4. The van der Waals surface area contributed by atoms with Crippen molar-refractivity contribution in [2.75, 3.05) is 5.32 Å². The first kappa shape index (κ1) is 16.2. The van der Waals surface area contributed by atoms with E-state index in [-0.39, 0.29) is 5.41 Å².